The number of benzene rings is 2. The van der Waals surface area contributed by atoms with Gasteiger partial charge in [-0.2, -0.15) is 0 Å². The van der Waals surface area contributed by atoms with E-state index in [1.54, 1.807) is 44.2 Å². The van der Waals surface area contributed by atoms with Gasteiger partial charge >= 0.3 is 0 Å². The Morgan fingerprint density at radius 2 is 1.70 bits per heavy atom. The van der Waals surface area contributed by atoms with E-state index in [-0.39, 0.29) is 12.5 Å². The van der Waals surface area contributed by atoms with Gasteiger partial charge in [-0.3, -0.25) is 13.9 Å². The lowest BCUT2D eigenvalue weighted by Gasteiger charge is -2.33. The molecule has 180 valence electrons. The SMILES string of the molecule is CC[C@H](C(=O)NC)N(Cc1c(Cl)cccc1Cl)C(=O)CN(c1ccc(C)cc1C)S(C)(=O)=O. The molecule has 0 spiro atoms. The van der Waals surface area contributed by atoms with Crippen molar-refractivity contribution in [2.45, 2.75) is 39.8 Å². The van der Waals surface area contributed by atoms with Crippen LogP contribution in [0.25, 0.3) is 0 Å². The summed E-state index contributed by atoms with van der Waals surface area (Å²) in [6.45, 7) is 4.93. The number of anilines is 1. The monoisotopic (exact) mass is 513 g/mol. The molecule has 2 rings (SSSR count). The van der Waals surface area contributed by atoms with Crippen LogP contribution in [-0.2, 0) is 26.2 Å². The van der Waals surface area contributed by atoms with E-state index >= 15 is 0 Å². The van der Waals surface area contributed by atoms with Crippen LogP contribution in [-0.4, -0.2) is 51.0 Å². The third kappa shape index (κ3) is 6.62. The van der Waals surface area contributed by atoms with Crippen LogP contribution in [0.15, 0.2) is 36.4 Å². The van der Waals surface area contributed by atoms with Gasteiger partial charge in [-0.15, -0.1) is 0 Å². The first kappa shape index (κ1) is 27.0. The van der Waals surface area contributed by atoms with Crippen LogP contribution < -0.4 is 9.62 Å². The highest BCUT2D eigenvalue weighted by molar-refractivity contribution is 7.92. The van der Waals surface area contributed by atoms with Crippen LogP contribution in [0.2, 0.25) is 10.0 Å². The van der Waals surface area contributed by atoms with Crippen LogP contribution in [0.5, 0.6) is 0 Å². The second kappa shape index (κ2) is 11.2. The molecule has 0 radical (unpaired) electrons. The number of aryl methyl sites for hydroxylation is 2. The molecule has 2 aromatic rings. The highest BCUT2D eigenvalue weighted by atomic mass is 35.5. The Morgan fingerprint density at radius 3 is 2.18 bits per heavy atom. The van der Waals surface area contributed by atoms with E-state index in [9.17, 15) is 18.0 Å². The maximum atomic E-state index is 13.6. The van der Waals surface area contributed by atoms with Gasteiger partial charge < -0.3 is 10.2 Å². The molecule has 0 fully saturated rings. The summed E-state index contributed by atoms with van der Waals surface area (Å²) < 4.78 is 26.4. The van der Waals surface area contributed by atoms with E-state index in [1.165, 1.54) is 11.9 Å². The summed E-state index contributed by atoms with van der Waals surface area (Å²) in [6.07, 6.45) is 1.36. The van der Waals surface area contributed by atoms with Crippen LogP contribution in [0.4, 0.5) is 5.69 Å². The van der Waals surface area contributed by atoms with Crippen LogP contribution in [0.3, 0.4) is 0 Å². The summed E-state index contributed by atoms with van der Waals surface area (Å²) in [5, 5.41) is 3.26. The molecule has 7 nitrogen and oxygen atoms in total. The number of carbonyl (C=O) groups is 2. The first-order valence-corrected chi connectivity index (χ1v) is 13.0. The predicted octanol–water partition coefficient (Wildman–Crippen LogP) is 3.93. The molecule has 0 unspecified atom stereocenters. The van der Waals surface area contributed by atoms with Crippen molar-refractivity contribution in [2.75, 3.05) is 24.2 Å². The fraction of sp³-hybridized carbons (Fsp3) is 0.391. The van der Waals surface area contributed by atoms with Crippen LogP contribution >= 0.6 is 23.2 Å². The van der Waals surface area contributed by atoms with Crippen molar-refractivity contribution < 1.29 is 18.0 Å². The lowest BCUT2D eigenvalue weighted by Crippen LogP contribution is -2.51. The lowest BCUT2D eigenvalue weighted by atomic mass is 10.1. The fourth-order valence-electron chi connectivity index (χ4n) is 3.62. The molecule has 0 heterocycles. The normalized spacial score (nSPS) is 12.2. The van der Waals surface area contributed by atoms with Crippen molar-refractivity contribution in [3.8, 4) is 0 Å². The van der Waals surface area contributed by atoms with Crippen molar-refractivity contribution in [1.29, 1.82) is 0 Å². The van der Waals surface area contributed by atoms with Crippen LogP contribution in [0, 0.1) is 13.8 Å². The standard InChI is InChI=1S/C23H29Cl2N3O4S/c1-6-20(23(30)26-4)27(13-17-18(24)8-7-9-19(17)25)22(29)14-28(33(5,31)32)21-11-10-15(2)12-16(21)3/h7-12,20H,6,13-14H2,1-5H3,(H,26,30)/t20-/m1/s1. The number of hydrogen-bond acceptors (Lipinski definition) is 4. The third-order valence-electron chi connectivity index (χ3n) is 5.32. The van der Waals surface area contributed by atoms with Gasteiger partial charge in [0.15, 0.2) is 0 Å². The molecule has 0 aliphatic rings. The molecule has 2 amide bonds. The number of halogens is 2. The average molecular weight is 514 g/mol. The van der Waals surface area contributed by atoms with E-state index in [0.29, 0.717) is 33.3 Å². The Bertz CT molecular complexity index is 1120. The smallest absolute Gasteiger partial charge is 0.244 e. The number of nitrogens with one attached hydrogen (secondary N) is 1. The average Bonchev–Trinajstić information content (AvgIpc) is 2.73. The van der Waals surface area contributed by atoms with E-state index in [1.807, 2.05) is 13.0 Å². The lowest BCUT2D eigenvalue weighted by molar-refractivity contribution is -0.140. The van der Waals surface area contributed by atoms with Gasteiger partial charge in [0.1, 0.15) is 12.6 Å². The van der Waals surface area contributed by atoms with E-state index in [4.69, 9.17) is 23.2 Å². The molecule has 0 saturated carbocycles. The molecule has 0 bridgehead atoms. The molecule has 1 atom stereocenters. The number of rotatable bonds is 9. The van der Waals surface area contributed by atoms with E-state index in [2.05, 4.69) is 5.32 Å². The van der Waals surface area contributed by atoms with Gasteiger partial charge in [0.2, 0.25) is 21.8 Å². The minimum Gasteiger partial charge on any atom is -0.357 e. The summed E-state index contributed by atoms with van der Waals surface area (Å²) in [6, 6.07) is 9.43. The van der Waals surface area contributed by atoms with Crippen molar-refractivity contribution in [3.05, 3.63) is 63.1 Å². The number of nitrogens with zero attached hydrogens (tertiary/aromatic N) is 2. The summed E-state index contributed by atoms with van der Waals surface area (Å²) in [5.74, 6) is -0.918. The number of amides is 2. The minimum atomic E-state index is -3.80. The van der Waals surface area contributed by atoms with Gasteiger partial charge in [0, 0.05) is 29.2 Å². The molecule has 33 heavy (non-hydrogen) atoms. The molecular formula is C23H29Cl2N3O4S. The number of sulfonamides is 1. The van der Waals surface area contributed by atoms with E-state index in [0.717, 1.165) is 16.1 Å². The highest BCUT2D eigenvalue weighted by Gasteiger charge is 2.32. The number of carbonyl (C=O) groups excluding carboxylic acids is 2. The summed E-state index contributed by atoms with van der Waals surface area (Å²) in [4.78, 5) is 27.5. The first-order valence-electron chi connectivity index (χ1n) is 10.4. The van der Waals surface area contributed by atoms with Gasteiger partial charge in [-0.25, -0.2) is 8.42 Å². The third-order valence-corrected chi connectivity index (χ3v) is 7.16. The Kier molecular flexibility index (Phi) is 9.17. The first-order chi connectivity index (χ1) is 15.4. The summed E-state index contributed by atoms with van der Waals surface area (Å²) >= 11 is 12.6. The van der Waals surface area contributed by atoms with Gasteiger partial charge in [-0.05, 0) is 44.0 Å². The van der Waals surface area contributed by atoms with E-state index < -0.39 is 28.5 Å². The van der Waals surface area contributed by atoms with Gasteiger partial charge in [0.05, 0.1) is 11.9 Å². The Labute approximate surface area is 205 Å². The number of likely N-dealkylation sites (N-methyl/N-ethyl adjacent to an activating group) is 1. The Balaban J connectivity index is 2.52. The summed E-state index contributed by atoms with van der Waals surface area (Å²) in [7, 11) is -2.32. The zero-order chi connectivity index (χ0) is 24.9. The number of hydrogen-bond donors (Lipinski definition) is 1. The molecule has 10 heteroatoms. The van der Waals surface area contributed by atoms with Crippen molar-refractivity contribution in [2.24, 2.45) is 0 Å². The van der Waals surface area contributed by atoms with Crippen molar-refractivity contribution >= 4 is 50.7 Å². The summed E-state index contributed by atoms with van der Waals surface area (Å²) in [5.41, 5.74) is 2.57. The molecule has 0 aromatic heterocycles. The highest BCUT2D eigenvalue weighted by Crippen LogP contribution is 2.28. The van der Waals surface area contributed by atoms with Crippen molar-refractivity contribution in [3.63, 3.8) is 0 Å². The fourth-order valence-corrected chi connectivity index (χ4v) is 5.04. The second-order valence-corrected chi connectivity index (χ2v) is 10.5. The molecule has 0 saturated heterocycles. The van der Waals surface area contributed by atoms with Gasteiger partial charge in [-0.1, -0.05) is 53.9 Å². The zero-order valence-corrected chi connectivity index (χ0v) is 21.7. The quantitative estimate of drug-likeness (QED) is 0.550. The maximum Gasteiger partial charge on any atom is 0.244 e. The molecule has 0 aliphatic heterocycles. The minimum absolute atomic E-state index is 0.0479. The Hall–Kier alpha value is -2.29. The molecular weight excluding hydrogens is 485 g/mol. The molecule has 1 N–H and O–H groups in total. The largest absolute Gasteiger partial charge is 0.357 e. The second-order valence-electron chi connectivity index (χ2n) is 7.82. The topological polar surface area (TPSA) is 86.8 Å². The Morgan fingerprint density at radius 1 is 1.09 bits per heavy atom. The van der Waals surface area contributed by atoms with Gasteiger partial charge in [0.25, 0.3) is 0 Å². The molecule has 2 aromatic carbocycles. The molecule has 0 aliphatic carbocycles. The maximum absolute atomic E-state index is 13.6. The zero-order valence-electron chi connectivity index (χ0n) is 19.4. The van der Waals surface area contributed by atoms with Crippen LogP contribution in [0.1, 0.15) is 30.0 Å². The predicted molar refractivity (Wildman–Crippen MR) is 133 cm³/mol. The van der Waals surface area contributed by atoms with Crippen molar-refractivity contribution in [1.82, 2.24) is 10.2 Å².